The molecule has 0 aliphatic carbocycles. The summed E-state index contributed by atoms with van der Waals surface area (Å²) in [7, 11) is 0. The van der Waals surface area contributed by atoms with E-state index in [-0.39, 0.29) is 12.1 Å². The molecule has 0 saturated heterocycles. The highest BCUT2D eigenvalue weighted by molar-refractivity contribution is 5.94. The molecule has 0 bridgehead atoms. The fraction of sp³-hybridized carbons (Fsp3) is 0.154. The van der Waals surface area contributed by atoms with Crippen molar-refractivity contribution in [3.8, 4) is 0 Å². The average Bonchev–Trinajstić information content (AvgIpc) is 2.93. The zero-order valence-electron chi connectivity index (χ0n) is 10.0. The number of hydrogen-bond acceptors (Lipinski definition) is 3. The van der Waals surface area contributed by atoms with Gasteiger partial charge in [-0.2, -0.15) is 5.10 Å². The first kappa shape index (κ1) is 12.8. The molecular weight excluding hydrogens is 246 g/mol. The van der Waals surface area contributed by atoms with Crippen molar-refractivity contribution in [1.29, 1.82) is 0 Å². The molecule has 1 aromatic carbocycles. The first-order valence-electron chi connectivity index (χ1n) is 5.74. The second-order valence-electron chi connectivity index (χ2n) is 4.02. The predicted molar refractivity (Wildman–Crippen MR) is 67.6 cm³/mol. The summed E-state index contributed by atoms with van der Waals surface area (Å²) in [6.07, 6.45) is 1.66. The molecule has 0 spiro atoms. The van der Waals surface area contributed by atoms with Gasteiger partial charge in [-0.05, 0) is 11.6 Å². The number of nitrogens with one attached hydrogen (secondary N) is 2. The molecule has 0 unspecified atom stereocenters. The molecule has 1 heterocycles. The maximum absolute atomic E-state index is 11.8. The van der Waals surface area contributed by atoms with Gasteiger partial charge in [0.15, 0.2) is 0 Å². The number of amides is 1. The van der Waals surface area contributed by atoms with Crippen LogP contribution in [0, 0.1) is 0 Å². The zero-order chi connectivity index (χ0) is 13.7. The van der Waals surface area contributed by atoms with E-state index < -0.39 is 17.9 Å². The van der Waals surface area contributed by atoms with E-state index in [1.54, 1.807) is 0 Å². The van der Waals surface area contributed by atoms with Crippen LogP contribution in [0.1, 0.15) is 16.1 Å². The number of hydrogen-bond donors (Lipinski definition) is 3. The lowest BCUT2D eigenvalue weighted by Crippen LogP contribution is -2.42. The normalized spacial score (nSPS) is 11.8. The molecule has 1 atom stereocenters. The molecular formula is C13H13N3O3. The number of aliphatic carboxylic acids is 1. The Labute approximate surface area is 109 Å². The van der Waals surface area contributed by atoms with Crippen molar-refractivity contribution in [3.05, 3.63) is 53.9 Å². The first-order valence-corrected chi connectivity index (χ1v) is 5.74. The summed E-state index contributed by atoms with van der Waals surface area (Å²) in [5.41, 5.74) is 1.08. The smallest absolute Gasteiger partial charge is 0.326 e. The molecule has 0 aliphatic rings. The third-order valence-corrected chi connectivity index (χ3v) is 2.63. The summed E-state index contributed by atoms with van der Waals surface area (Å²) in [5, 5.41) is 17.7. The number of carboxylic acids is 1. The van der Waals surface area contributed by atoms with Crippen molar-refractivity contribution in [2.24, 2.45) is 0 Å². The highest BCUT2D eigenvalue weighted by Gasteiger charge is 2.21. The second kappa shape index (κ2) is 5.81. The van der Waals surface area contributed by atoms with Gasteiger partial charge >= 0.3 is 5.97 Å². The summed E-state index contributed by atoms with van der Waals surface area (Å²) >= 11 is 0. The summed E-state index contributed by atoms with van der Waals surface area (Å²) in [6.45, 7) is 0. The summed E-state index contributed by atoms with van der Waals surface area (Å²) in [5.74, 6) is -1.56. The second-order valence-corrected chi connectivity index (χ2v) is 4.02. The van der Waals surface area contributed by atoms with Gasteiger partial charge in [0.1, 0.15) is 11.7 Å². The largest absolute Gasteiger partial charge is 0.480 e. The minimum atomic E-state index is -1.07. The molecule has 0 fully saturated rings. The van der Waals surface area contributed by atoms with E-state index in [0.29, 0.717) is 0 Å². The number of rotatable bonds is 5. The van der Waals surface area contributed by atoms with Crippen molar-refractivity contribution in [3.63, 3.8) is 0 Å². The van der Waals surface area contributed by atoms with Crippen molar-refractivity contribution in [2.45, 2.75) is 12.5 Å². The van der Waals surface area contributed by atoms with Crippen LogP contribution in [0.5, 0.6) is 0 Å². The lowest BCUT2D eigenvalue weighted by atomic mass is 10.1. The lowest BCUT2D eigenvalue weighted by molar-refractivity contribution is -0.139. The number of aromatic nitrogens is 2. The molecule has 1 aromatic heterocycles. The molecule has 0 aliphatic heterocycles. The van der Waals surface area contributed by atoms with E-state index in [2.05, 4.69) is 15.5 Å². The van der Waals surface area contributed by atoms with Gasteiger partial charge in [-0.15, -0.1) is 0 Å². The van der Waals surface area contributed by atoms with E-state index >= 15 is 0 Å². The fourth-order valence-corrected chi connectivity index (χ4v) is 1.67. The third kappa shape index (κ3) is 3.41. The van der Waals surface area contributed by atoms with Gasteiger partial charge in [0, 0.05) is 12.6 Å². The number of carboxylic acid groups (broad SMARTS) is 1. The Bertz CT molecular complexity index is 552. The molecule has 98 valence electrons. The molecule has 0 radical (unpaired) electrons. The number of H-pyrrole nitrogens is 1. The van der Waals surface area contributed by atoms with E-state index in [1.807, 2.05) is 30.3 Å². The molecule has 6 heteroatoms. The van der Waals surface area contributed by atoms with Crippen LogP contribution in [0.15, 0.2) is 42.6 Å². The Morgan fingerprint density at radius 2 is 2.00 bits per heavy atom. The van der Waals surface area contributed by atoms with E-state index in [0.717, 1.165) is 5.56 Å². The summed E-state index contributed by atoms with van der Waals surface area (Å²) in [4.78, 5) is 22.9. The van der Waals surface area contributed by atoms with Crippen LogP contribution in [-0.2, 0) is 11.2 Å². The first-order chi connectivity index (χ1) is 9.16. The molecule has 1 amide bonds. The van der Waals surface area contributed by atoms with E-state index in [9.17, 15) is 9.59 Å². The maximum Gasteiger partial charge on any atom is 0.326 e. The standard InChI is InChI=1S/C13H13N3O3/c17-12(10-6-7-14-16-10)15-11(13(18)19)8-9-4-2-1-3-5-9/h1-7,11H,8H2,(H,14,16)(H,15,17)(H,18,19)/t11-/m0/s1. The Morgan fingerprint density at radius 3 is 2.58 bits per heavy atom. The molecule has 6 nitrogen and oxygen atoms in total. The van der Waals surface area contributed by atoms with Crippen LogP contribution < -0.4 is 5.32 Å². The van der Waals surface area contributed by atoms with Gasteiger partial charge in [-0.3, -0.25) is 9.89 Å². The number of benzene rings is 1. The number of carbonyl (C=O) groups is 2. The number of aromatic amines is 1. The third-order valence-electron chi connectivity index (χ3n) is 2.63. The van der Waals surface area contributed by atoms with E-state index in [4.69, 9.17) is 5.11 Å². The van der Waals surface area contributed by atoms with E-state index in [1.165, 1.54) is 12.3 Å². The van der Waals surface area contributed by atoms with Gasteiger partial charge in [-0.25, -0.2) is 4.79 Å². The highest BCUT2D eigenvalue weighted by Crippen LogP contribution is 2.04. The van der Waals surface area contributed by atoms with Crippen molar-refractivity contribution >= 4 is 11.9 Å². The van der Waals surface area contributed by atoms with Gasteiger partial charge < -0.3 is 10.4 Å². The minimum Gasteiger partial charge on any atom is -0.480 e. The van der Waals surface area contributed by atoms with Crippen LogP contribution in [0.25, 0.3) is 0 Å². The lowest BCUT2D eigenvalue weighted by Gasteiger charge is -2.13. The van der Waals surface area contributed by atoms with Crippen LogP contribution >= 0.6 is 0 Å². The Hall–Kier alpha value is -2.63. The fourth-order valence-electron chi connectivity index (χ4n) is 1.67. The molecule has 19 heavy (non-hydrogen) atoms. The van der Waals surface area contributed by atoms with Crippen LogP contribution in [-0.4, -0.2) is 33.2 Å². The average molecular weight is 259 g/mol. The van der Waals surface area contributed by atoms with Crippen molar-refractivity contribution in [2.75, 3.05) is 0 Å². The Morgan fingerprint density at radius 1 is 1.26 bits per heavy atom. The monoisotopic (exact) mass is 259 g/mol. The van der Waals surface area contributed by atoms with Gasteiger partial charge in [-0.1, -0.05) is 30.3 Å². The predicted octanol–water partition coefficient (Wildman–Crippen LogP) is 0.835. The molecule has 3 N–H and O–H groups in total. The van der Waals surface area contributed by atoms with Gasteiger partial charge in [0.2, 0.25) is 0 Å². The summed E-state index contributed by atoms with van der Waals surface area (Å²) in [6, 6.07) is 9.64. The summed E-state index contributed by atoms with van der Waals surface area (Å²) < 4.78 is 0. The number of nitrogens with zero attached hydrogens (tertiary/aromatic N) is 1. The maximum atomic E-state index is 11.8. The topological polar surface area (TPSA) is 95.1 Å². The number of carbonyl (C=O) groups excluding carboxylic acids is 1. The minimum absolute atomic E-state index is 0.232. The van der Waals surface area contributed by atoms with Crippen molar-refractivity contribution in [1.82, 2.24) is 15.5 Å². The van der Waals surface area contributed by atoms with Crippen LogP contribution in [0.3, 0.4) is 0 Å². The zero-order valence-corrected chi connectivity index (χ0v) is 10.0. The quantitative estimate of drug-likeness (QED) is 0.741. The SMILES string of the molecule is O=C(N[C@@H](Cc1ccccc1)C(=O)O)c1ccn[nH]1. The van der Waals surface area contributed by atoms with Crippen LogP contribution in [0.4, 0.5) is 0 Å². The van der Waals surface area contributed by atoms with Crippen molar-refractivity contribution < 1.29 is 14.7 Å². The molecule has 0 saturated carbocycles. The van der Waals surface area contributed by atoms with Gasteiger partial charge in [0.25, 0.3) is 5.91 Å². The molecule has 2 rings (SSSR count). The van der Waals surface area contributed by atoms with Crippen LogP contribution in [0.2, 0.25) is 0 Å². The Kier molecular flexibility index (Phi) is 3.92. The Balaban J connectivity index is 2.05. The molecule has 2 aromatic rings. The van der Waals surface area contributed by atoms with Gasteiger partial charge in [0.05, 0.1) is 0 Å². The highest BCUT2D eigenvalue weighted by atomic mass is 16.4.